The van der Waals surface area contributed by atoms with Crippen LogP contribution in [0.15, 0.2) is 17.6 Å². The van der Waals surface area contributed by atoms with Gasteiger partial charge in [-0.1, -0.05) is 0 Å². The molecule has 0 spiro atoms. The van der Waals surface area contributed by atoms with Gasteiger partial charge >= 0.3 is 5.97 Å². The van der Waals surface area contributed by atoms with Crippen LogP contribution in [0.2, 0.25) is 0 Å². The zero-order chi connectivity index (χ0) is 13.8. The standard InChI is InChI=1S/C11H12N4O3S/c1-6(9-14-7(5-19-9)10(16)17)13-11-12-4-3-8(15-11)18-2/h3-6H,1-2H3,(H,16,17)(H,12,13,15). The van der Waals surface area contributed by atoms with Gasteiger partial charge in [0, 0.05) is 17.6 Å². The Balaban J connectivity index is 2.10. The molecule has 2 N–H and O–H groups in total. The maximum atomic E-state index is 10.8. The van der Waals surface area contributed by atoms with E-state index in [4.69, 9.17) is 9.84 Å². The molecule has 0 aromatic carbocycles. The summed E-state index contributed by atoms with van der Waals surface area (Å²) in [4.78, 5) is 22.9. The number of hydrogen-bond acceptors (Lipinski definition) is 7. The summed E-state index contributed by atoms with van der Waals surface area (Å²) in [5, 5.41) is 14.0. The molecule has 0 radical (unpaired) electrons. The number of hydrogen-bond donors (Lipinski definition) is 2. The molecule has 2 aromatic rings. The molecule has 19 heavy (non-hydrogen) atoms. The zero-order valence-electron chi connectivity index (χ0n) is 10.3. The van der Waals surface area contributed by atoms with Crippen LogP contribution in [0.4, 0.5) is 5.95 Å². The molecule has 1 atom stereocenters. The Morgan fingerprint density at radius 3 is 2.95 bits per heavy atom. The fourth-order valence-electron chi connectivity index (χ4n) is 1.37. The minimum atomic E-state index is -1.03. The van der Waals surface area contributed by atoms with E-state index in [0.29, 0.717) is 16.8 Å². The van der Waals surface area contributed by atoms with Crippen molar-refractivity contribution in [1.82, 2.24) is 15.0 Å². The molecule has 0 bridgehead atoms. The summed E-state index contributed by atoms with van der Waals surface area (Å²) in [6, 6.07) is 1.45. The van der Waals surface area contributed by atoms with Crippen LogP contribution in [-0.2, 0) is 0 Å². The Hall–Kier alpha value is -2.22. The van der Waals surface area contributed by atoms with Crippen molar-refractivity contribution >= 4 is 23.3 Å². The van der Waals surface area contributed by atoms with E-state index >= 15 is 0 Å². The van der Waals surface area contributed by atoms with Crippen molar-refractivity contribution in [2.75, 3.05) is 12.4 Å². The number of ether oxygens (including phenoxy) is 1. The molecule has 0 aliphatic heterocycles. The van der Waals surface area contributed by atoms with Crippen molar-refractivity contribution in [3.8, 4) is 5.88 Å². The van der Waals surface area contributed by atoms with Crippen LogP contribution < -0.4 is 10.1 Å². The monoisotopic (exact) mass is 280 g/mol. The number of aromatic carboxylic acids is 1. The highest BCUT2D eigenvalue weighted by Crippen LogP contribution is 2.21. The van der Waals surface area contributed by atoms with Crippen LogP contribution in [0.3, 0.4) is 0 Å². The summed E-state index contributed by atoms with van der Waals surface area (Å²) in [6.45, 7) is 1.85. The Kier molecular flexibility index (Phi) is 3.91. The molecule has 0 amide bonds. The minimum absolute atomic E-state index is 0.0419. The number of methoxy groups -OCH3 is 1. The highest BCUT2D eigenvalue weighted by Gasteiger charge is 2.14. The van der Waals surface area contributed by atoms with Gasteiger partial charge in [0.1, 0.15) is 5.01 Å². The third-order valence-corrected chi connectivity index (χ3v) is 3.32. The van der Waals surface area contributed by atoms with Crippen molar-refractivity contribution in [3.05, 3.63) is 28.3 Å². The fraction of sp³-hybridized carbons (Fsp3) is 0.273. The van der Waals surface area contributed by atoms with E-state index in [1.54, 1.807) is 12.3 Å². The number of anilines is 1. The lowest BCUT2D eigenvalue weighted by molar-refractivity contribution is 0.0691. The average molecular weight is 280 g/mol. The number of rotatable bonds is 5. The van der Waals surface area contributed by atoms with E-state index in [0.717, 1.165) is 0 Å². The van der Waals surface area contributed by atoms with Crippen LogP contribution in [0.5, 0.6) is 5.88 Å². The summed E-state index contributed by atoms with van der Waals surface area (Å²) in [7, 11) is 1.52. The highest BCUT2D eigenvalue weighted by molar-refractivity contribution is 7.09. The topological polar surface area (TPSA) is 97.2 Å². The molecule has 0 saturated carbocycles. The van der Waals surface area contributed by atoms with E-state index in [9.17, 15) is 4.79 Å². The van der Waals surface area contributed by atoms with Gasteiger partial charge < -0.3 is 15.2 Å². The molecule has 0 aliphatic rings. The molecule has 2 aromatic heterocycles. The molecular formula is C11H12N4O3S. The van der Waals surface area contributed by atoms with Gasteiger partial charge in [-0.3, -0.25) is 0 Å². The molecule has 0 aliphatic carbocycles. The fourth-order valence-corrected chi connectivity index (χ4v) is 2.17. The summed E-state index contributed by atoms with van der Waals surface area (Å²) in [5.74, 6) is -0.179. The van der Waals surface area contributed by atoms with Gasteiger partial charge in [-0.2, -0.15) is 4.98 Å². The van der Waals surface area contributed by atoms with Gasteiger partial charge in [-0.05, 0) is 6.92 Å². The van der Waals surface area contributed by atoms with Crippen molar-refractivity contribution in [2.45, 2.75) is 13.0 Å². The molecule has 100 valence electrons. The van der Waals surface area contributed by atoms with Gasteiger partial charge in [0.2, 0.25) is 11.8 Å². The van der Waals surface area contributed by atoms with Gasteiger partial charge in [0.05, 0.1) is 13.2 Å². The van der Waals surface area contributed by atoms with Crippen LogP contribution in [-0.4, -0.2) is 33.1 Å². The van der Waals surface area contributed by atoms with Crippen molar-refractivity contribution in [1.29, 1.82) is 0 Å². The van der Waals surface area contributed by atoms with Crippen LogP contribution in [0.25, 0.3) is 0 Å². The first kappa shape index (κ1) is 13.2. The van der Waals surface area contributed by atoms with Gasteiger partial charge in [-0.25, -0.2) is 14.8 Å². The van der Waals surface area contributed by atoms with Crippen molar-refractivity contribution in [3.63, 3.8) is 0 Å². The number of carbonyl (C=O) groups is 1. The van der Waals surface area contributed by atoms with Crippen molar-refractivity contribution in [2.24, 2.45) is 0 Å². The average Bonchev–Trinajstić information content (AvgIpc) is 2.89. The molecule has 7 nitrogen and oxygen atoms in total. The number of thiazole rings is 1. The van der Waals surface area contributed by atoms with E-state index in [-0.39, 0.29) is 11.7 Å². The van der Waals surface area contributed by atoms with Gasteiger partial charge in [0.15, 0.2) is 5.69 Å². The Morgan fingerprint density at radius 1 is 1.53 bits per heavy atom. The first-order chi connectivity index (χ1) is 9.10. The lowest BCUT2D eigenvalue weighted by Gasteiger charge is -2.11. The summed E-state index contributed by atoms with van der Waals surface area (Å²) in [5.41, 5.74) is 0.0419. The predicted molar refractivity (Wildman–Crippen MR) is 69.7 cm³/mol. The van der Waals surface area contributed by atoms with Crippen LogP contribution in [0.1, 0.15) is 28.5 Å². The second-order valence-electron chi connectivity index (χ2n) is 3.66. The van der Waals surface area contributed by atoms with E-state index in [1.165, 1.54) is 23.8 Å². The summed E-state index contributed by atoms with van der Waals surface area (Å²) >= 11 is 1.27. The van der Waals surface area contributed by atoms with E-state index in [1.807, 2.05) is 6.92 Å². The number of carboxylic acid groups (broad SMARTS) is 1. The zero-order valence-corrected chi connectivity index (χ0v) is 11.1. The molecule has 8 heteroatoms. The molecule has 0 saturated heterocycles. The van der Waals surface area contributed by atoms with E-state index in [2.05, 4.69) is 20.3 Å². The van der Waals surface area contributed by atoms with Gasteiger partial charge in [0.25, 0.3) is 0 Å². The maximum absolute atomic E-state index is 10.8. The SMILES string of the molecule is COc1ccnc(NC(C)c2nc(C(=O)O)cs2)n1. The van der Waals surface area contributed by atoms with Crippen LogP contribution in [0, 0.1) is 0 Å². The number of aromatic nitrogens is 3. The third kappa shape index (κ3) is 3.16. The maximum Gasteiger partial charge on any atom is 0.355 e. The lowest BCUT2D eigenvalue weighted by Crippen LogP contribution is -2.10. The highest BCUT2D eigenvalue weighted by atomic mass is 32.1. The molecular weight excluding hydrogens is 268 g/mol. The quantitative estimate of drug-likeness (QED) is 0.862. The van der Waals surface area contributed by atoms with Gasteiger partial charge in [-0.15, -0.1) is 11.3 Å². The number of carboxylic acids is 1. The third-order valence-electron chi connectivity index (χ3n) is 2.30. The minimum Gasteiger partial charge on any atom is -0.481 e. The summed E-state index contributed by atoms with van der Waals surface area (Å²) in [6.07, 6.45) is 1.57. The molecule has 0 fully saturated rings. The van der Waals surface area contributed by atoms with Crippen molar-refractivity contribution < 1.29 is 14.6 Å². The number of nitrogens with zero attached hydrogens (tertiary/aromatic N) is 3. The Morgan fingerprint density at radius 2 is 2.32 bits per heavy atom. The first-order valence-electron chi connectivity index (χ1n) is 5.42. The largest absolute Gasteiger partial charge is 0.481 e. The Bertz CT molecular complexity index is 587. The van der Waals surface area contributed by atoms with E-state index < -0.39 is 5.97 Å². The number of nitrogens with one attached hydrogen (secondary N) is 1. The second-order valence-corrected chi connectivity index (χ2v) is 4.55. The van der Waals surface area contributed by atoms with Crippen LogP contribution >= 0.6 is 11.3 Å². The molecule has 2 heterocycles. The smallest absolute Gasteiger partial charge is 0.355 e. The lowest BCUT2D eigenvalue weighted by atomic mass is 10.3. The molecule has 1 unspecified atom stereocenters. The molecule has 2 rings (SSSR count). The second kappa shape index (κ2) is 5.61. The summed E-state index contributed by atoms with van der Waals surface area (Å²) < 4.78 is 5.00. The normalized spacial score (nSPS) is 11.9. The first-order valence-corrected chi connectivity index (χ1v) is 6.30. The Labute approximate surface area is 113 Å². The predicted octanol–water partition coefficient (Wildman–Crippen LogP) is 1.81.